The number of aryl methyl sites for hydroxylation is 2. The molecule has 26 heavy (non-hydrogen) atoms. The third-order valence-corrected chi connectivity index (χ3v) is 5.32. The van der Waals surface area contributed by atoms with E-state index in [1.54, 1.807) is 24.3 Å². The largest absolute Gasteiger partial charge is 0.484 e. The van der Waals surface area contributed by atoms with E-state index >= 15 is 0 Å². The molecular weight excluding hydrogens is 352 g/mol. The van der Waals surface area contributed by atoms with Crippen molar-refractivity contribution in [3.8, 4) is 5.75 Å². The minimum Gasteiger partial charge on any atom is -0.484 e. The van der Waals surface area contributed by atoms with Gasteiger partial charge in [0.05, 0.1) is 4.90 Å². The molecular formula is C19H22N2O4S. The summed E-state index contributed by atoms with van der Waals surface area (Å²) in [5.41, 5.74) is 2.49. The van der Waals surface area contributed by atoms with Crippen molar-refractivity contribution in [2.24, 2.45) is 0 Å². The Kier molecular flexibility index (Phi) is 5.18. The molecule has 0 saturated heterocycles. The molecule has 1 aliphatic rings. The van der Waals surface area contributed by atoms with Gasteiger partial charge in [-0.05, 0) is 74.2 Å². The van der Waals surface area contributed by atoms with E-state index in [1.807, 2.05) is 19.9 Å². The number of sulfonamides is 1. The quantitative estimate of drug-likeness (QED) is 0.780. The molecule has 7 heteroatoms. The van der Waals surface area contributed by atoms with Crippen LogP contribution in [0, 0.1) is 13.8 Å². The molecule has 0 bridgehead atoms. The summed E-state index contributed by atoms with van der Waals surface area (Å²) >= 11 is 0. The highest BCUT2D eigenvalue weighted by Crippen LogP contribution is 2.21. The third kappa shape index (κ3) is 4.98. The lowest BCUT2D eigenvalue weighted by atomic mass is 10.1. The second-order valence-electron chi connectivity index (χ2n) is 6.58. The minimum absolute atomic E-state index is 0.0799. The summed E-state index contributed by atoms with van der Waals surface area (Å²) in [7, 11) is -3.69. The Morgan fingerprint density at radius 1 is 1.08 bits per heavy atom. The monoisotopic (exact) mass is 374 g/mol. The van der Waals surface area contributed by atoms with E-state index in [2.05, 4.69) is 10.0 Å². The number of carbonyl (C=O) groups excluding carboxylic acids is 1. The van der Waals surface area contributed by atoms with Crippen LogP contribution in [0.25, 0.3) is 0 Å². The van der Waals surface area contributed by atoms with Crippen molar-refractivity contribution in [3.05, 3.63) is 53.6 Å². The molecule has 6 nitrogen and oxygen atoms in total. The van der Waals surface area contributed by atoms with Gasteiger partial charge in [0.2, 0.25) is 0 Å². The number of carbonyl (C=O) groups is 1. The molecule has 3 rings (SSSR count). The van der Waals surface area contributed by atoms with Gasteiger partial charge in [-0.25, -0.2) is 8.42 Å². The first-order chi connectivity index (χ1) is 12.3. The first-order valence-electron chi connectivity index (χ1n) is 8.45. The molecule has 2 aromatic carbocycles. The maximum atomic E-state index is 12.5. The molecule has 0 heterocycles. The van der Waals surface area contributed by atoms with Crippen LogP contribution in [0.2, 0.25) is 0 Å². The summed E-state index contributed by atoms with van der Waals surface area (Å²) < 4.78 is 33.0. The van der Waals surface area contributed by atoms with E-state index in [1.165, 1.54) is 12.1 Å². The fraction of sp³-hybridized carbons (Fsp3) is 0.316. The molecule has 1 amide bonds. The number of nitrogens with one attached hydrogen (secondary N) is 2. The van der Waals surface area contributed by atoms with E-state index < -0.39 is 10.0 Å². The third-order valence-electron chi connectivity index (χ3n) is 3.92. The molecule has 1 aliphatic carbocycles. The zero-order valence-electron chi connectivity index (χ0n) is 14.8. The molecule has 2 aromatic rings. The Balaban J connectivity index is 1.63. The lowest BCUT2D eigenvalue weighted by Gasteiger charge is -2.11. The van der Waals surface area contributed by atoms with Crippen LogP contribution in [0.1, 0.15) is 24.0 Å². The molecule has 0 radical (unpaired) electrons. The number of rotatable bonds is 7. The van der Waals surface area contributed by atoms with Crippen LogP contribution in [-0.4, -0.2) is 27.0 Å². The van der Waals surface area contributed by atoms with E-state index in [0.717, 1.165) is 24.0 Å². The Morgan fingerprint density at radius 3 is 2.27 bits per heavy atom. The van der Waals surface area contributed by atoms with Crippen LogP contribution in [0.15, 0.2) is 47.4 Å². The lowest BCUT2D eigenvalue weighted by molar-refractivity contribution is -0.123. The summed E-state index contributed by atoms with van der Waals surface area (Å²) in [6.07, 6.45) is 2.04. The predicted octanol–water partition coefficient (Wildman–Crippen LogP) is 2.76. The van der Waals surface area contributed by atoms with Gasteiger partial charge in [0.25, 0.3) is 15.9 Å². The molecule has 138 valence electrons. The Labute approximate surface area is 153 Å². The Hall–Kier alpha value is -2.54. The van der Waals surface area contributed by atoms with Crippen LogP contribution in [0.4, 0.5) is 5.69 Å². The van der Waals surface area contributed by atoms with E-state index in [4.69, 9.17) is 4.74 Å². The second-order valence-corrected chi connectivity index (χ2v) is 8.27. The van der Waals surface area contributed by atoms with Crippen molar-refractivity contribution in [1.82, 2.24) is 5.32 Å². The molecule has 2 N–H and O–H groups in total. The van der Waals surface area contributed by atoms with Gasteiger partial charge >= 0.3 is 0 Å². The Morgan fingerprint density at radius 2 is 1.69 bits per heavy atom. The van der Waals surface area contributed by atoms with Crippen molar-refractivity contribution in [1.29, 1.82) is 0 Å². The van der Waals surface area contributed by atoms with Gasteiger partial charge < -0.3 is 10.1 Å². The first kappa shape index (κ1) is 18.3. The molecule has 0 aromatic heterocycles. The van der Waals surface area contributed by atoms with Crippen LogP contribution in [0.3, 0.4) is 0 Å². The van der Waals surface area contributed by atoms with E-state index in [-0.39, 0.29) is 23.5 Å². The summed E-state index contributed by atoms with van der Waals surface area (Å²) in [6, 6.07) is 11.8. The van der Waals surface area contributed by atoms with Gasteiger partial charge in [-0.1, -0.05) is 6.07 Å². The van der Waals surface area contributed by atoms with Gasteiger partial charge in [0.1, 0.15) is 5.75 Å². The summed E-state index contributed by atoms with van der Waals surface area (Å²) in [6.45, 7) is 3.75. The molecule has 1 saturated carbocycles. The fourth-order valence-corrected chi connectivity index (χ4v) is 3.65. The van der Waals surface area contributed by atoms with Gasteiger partial charge in [-0.15, -0.1) is 0 Å². The standard InChI is InChI=1S/C19H22N2O4S/c1-13-9-14(2)11-16(10-13)21-26(23,24)18-7-5-17(6-8-18)25-12-19(22)20-15-3-4-15/h5-11,15,21H,3-4,12H2,1-2H3,(H,20,22). The zero-order chi connectivity index (χ0) is 18.7. The van der Waals surface area contributed by atoms with Crippen molar-refractivity contribution in [2.45, 2.75) is 37.6 Å². The fourth-order valence-electron chi connectivity index (χ4n) is 2.61. The summed E-state index contributed by atoms with van der Waals surface area (Å²) in [4.78, 5) is 11.7. The van der Waals surface area contributed by atoms with Crippen LogP contribution in [0.5, 0.6) is 5.75 Å². The zero-order valence-corrected chi connectivity index (χ0v) is 15.6. The van der Waals surface area contributed by atoms with Gasteiger partial charge in [0, 0.05) is 11.7 Å². The van der Waals surface area contributed by atoms with Crippen molar-refractivity contribution in [2.75, 3.05) is 11.3 Å². The average molecular weight is 374 g/mol. The highest BCUT2D eigenvalue weighted by molar-refractivity contribution is 7.92. The maximum Gasteiger partial charge on any atom is 0.261 e. The molecule has 0 atom stereocenters. The summed E-state index contributed by atoms with van der Waals surface area (Å²) in [5.74, 6) is 0.280. The Bertz CT molecular complexity index is 883. The van der Waals surface area contributed by atoms with Crippen molar-refractivity contribution in [3.63, 3.8) is 0 Å². The number of benzene rings is 2. The number of ether oxygens (including phenoxy) is 1. The van der Waals surface area contributed by atoms with Crippen LogP contribution < -0.4 is 14.8 Å². The van der Waals surface area contributed by atoms with Crippen LogP contribution in [-0.2, 0) is 14.8 Å². The first-order valence-corrected chi connectivity index (χ1v) is 9.93. The van der Waals surface area contributed by atoms with E-state index in [9.17, 15) is 13.2 Å². The van der Waals surface area contributed by atoms with Gasteiger partial charge in [-0.3, -0.25) is 9.52 Å². The SMILES string of the molecule is Cc1cc(C)cc(NS(=O)(=O)c2ccc(OCC(=O)NC3CC3)cc2)c1. The van der Waals surface area contributed by atoms with E-state index in [0.29, 0.717) is 11.4 Å². The normalized spacial score (nSPS) is 13.9. The lowest BCUT2D eigenvalue weighted by Crippen LogP contribution is -2.30. The topological polar surface area (TPSA) is 84.5 Å². The average Bonchev–Trinajstić information content (AvgIpc) is 3.36. The van der Waals surface area contributed by atoms with Crippen molar-refractivity contribution >= 4 is 21.6 Å². The van der Waals surface area contributed by atoms with Gasteiger partial charge in [0.15, 0.2) is 6.61 Å². The van der Waals surface area contributed by atoms with Crippen molar-refractivity contribution < 1.29 is 17.9 Å². The smallest absolute Gasteiger partial charge is 0.261 e. The summed E-state index contributed by atoms with van der Waals surface area (Å²) in [5, 5.41) is 2.83. The van der Waals surface area contributed by atoms with Gasteiger partial charge in [-0.2, -0.15) is 0 Å². The number of amides is 1. The molecule has 0 spiro atoms. The number of anilines is 1. The number of hydrogen-bond acceptors (Lipinski definition) is 4. The molecule has 1 fully saturated rings. The highest BCUT2D eigenvalue weighted by Gasteiger charge is 2.23. The predicted molar refractivity (Wildman–Crippen MR) is 99.8 cm³/mol. The second kappa shape index (κ2) is 7.37. The molecule has 0 unspecified atom stereocenters. The van der Waals surface area contributed by atoms with Crippen LogP contribution >= 0.6 is 0 Å². The maximum absolute atomic E-state index is 12.5. The number of hydrogen-bond donors (Lipinski definition) is 2. The molecule has 0 aliphatic heterocycles. The minimum atomic E-state index is -3.69. The highest BCUT2D eigenvalue weighted by atomic mass is 32.2.